The predicted molar refractivity (Wildman–Crippen MR) is 143 cm³/mol. The minimum absolute atomic E-state index is 0.0275. The molecule has 3 aromatic rings. The van der Waals surface area contributed by atoms with E-state index in [1.165, 1.54) is 16.4 Å². The fourth-order valence-electron chi connectivity index (χ4n) is 4.40. The maximum absolute atomic E-state index is 13.3. The van der Waals surface area contributed by atoms with Gasteiger partial charge in [0.1, 0.15) is 0 Å². The van der Waals surface area contributed by atoms with Crippen molar-refractivity contribution in [2.24, 2.45) is 5.92 Å². The number of fused-ring (bicyclic) bond motifs is 1. The third-order valence-electron chi connectivity index (χ3n) is 6.54. The van der Waals surface area contributed by atoms with Gasteiger partial charge in [0, 0.05) is 29.4 Å². The first-order valence-corrected chi connectivity index (χ1v) is 13.7. The molecule has 188 valence electrons. The highest BCUT2D eigenvalue weighted by Gasteiger charge is 2.28. The summed E-state index contributed by atoms with van der Waals surface area (Å²) in [7, 11) is -3.71. The molecule has 4 rings (SSSR count). The van der Waals surface area contributed by atoms with Crippen molar-refractivity contribution < 1.29 is 18.0 Å². The number of anilines is 3. The van der Waals surface area contributed by atoms with Gasteiger partial charge < -0.3 is 10.6 Å². The van der Waals surface area contributed by atoms with Gasteiger partial charge in [0.05, 0.1) is 10.6 Å². The first kappa shape index (κ1) is 25.4. The highest BCUT2D eigenvalue weighted by Crippen LogP contribution is 2.32. The van der Waals surface area contributed by atoms with Crippen molar-refractivity contribution in [1.29, 1.82) is 0 Å². The topological polar surface area (TPSA) is 95.6 Å². The lowest BCUT2D eigenvalue weighted by atomic mass is 10.0. The van der Waals surface area contributed by atoms with Crippen LogP contribution in [0, 0.1) is 5.92 Å². The minimum Gasteiger partial charge on any atom is -0.326 e. The number of nitrogens with one attached hydrogen (secondary N) is 2. The number of hydrogen-bond donors (Lipinski definition) is 2. The van der Waals surface area contributed by atoms with Gasteiger partial charge in [0.2, 0.25) is 5.91 Å². The second-order valence-corrected chi connectivity index (χ2v) is 10.7. The number of carbonyl (C=O) groups is 2. The third-order valence-corrected chi connectivity index (χ3v) is 8.37. The second-order valence-electron chi connectivity index (χ2n) is 8.87. The van der Waals surface area contributed by atoms with Crippen LogP contribution in [0.3, 0.4) is 0 Å². The van der Waals surface area contributed by atoms with E-state index < -0.39 is 10.0 Å². The monoisotopic (exact) mass is 505 g/mol. The lowest BCUT2D eigenvalue weighted by molar-refractivity contribution is -0.120. The molecule has 0 saturated carbocycles. The number of para-hydroxylation sites is 1. The van der Waals surface area contributed by atoms with E-state index in [-0.39, 0.29) is 22.6 Å². The van der Waals surface area contributed by atoms with E-state index in [2.05, 4.69) is 10.6 Å². The van der Waals surface area contributed by atoms with Crippen LogP contribution in [0.1, 0.15) is 49.0 Å². The van der Waals surface area contributed by atoms with E-state index >= 15 is 0 Å². The van der Waals surface area contributed by atoms with Crippen LogP contribution < -0.4 is 14.9 Å². The quantitative estimate of drug-likeness (QED) is 0.425. The SMILES string of the molecule is CCC(CC)C(=O)Nc1ccc(C(=O)Nc2ccc(S(=O)(=O)N3CCCc4ccccc43)cc2)cc1. The molecule has 0 fully saturated rings. The van der Waals surface area contributed by atoms with Crippen molar-refractivity contribution >= 4 is 38.9 Å². The average molecular weight is 506 g/mol. The average Bonchev–Trinajstić information content (AvgIpc) is 2.89. The summed E-state index contributed by atoms with van der Waals surface area (Å²) in [5, 5.41) is 5.68. The Bertz CT molecular complexity index is 1330. The van der Waals surface area contributed by atoms with E-state index in [9.17, 15) is 18.0 Å². The predicted octanol–water partition coefficient (Wildman–Crippen LogP) is 5.46. The molecule has 3 aromatic carbocycles. The van der Waals surface area contributed by atoms with Crippen LogP contribution in [0.25, 0.3) is 0 Å². The first-order valence-electron chi connectivity index (χ1n) is 12.3. The summed E-state index contributed by atoms with van der Waals surface area (Å²) in [6, 6.07) is 20.4. The molecule has 1 aliphatic heterocycles. The number of rotatable bonds is 8. The number of sulfonamides is 1. The largest absolute Gasteiger partial charge is 0.326 e. The van der Waals surface area contributed by atoms with Crippen LogP contribution in [-0.2, 0) is 21.2 Å². The number of amides is 2. The normalized spacial score (nSPS) is 13.2. The van der Waals surface area contributed by atoms with E-state index in [4.69, 9.17) is 0 Å². The van der Waals surface area contributed by atoms with Crippen LogP contribution in [0.5, 0.6) is 0 Å². The Hall–Kier alpha value is -3.65. The van der Waals surface area contributed by atoms with Crippen molar-refractivity contribution in [3.8, 4) is 0 Å². The molecule has 7 nitrogen and oxygen atoms in total. The molecule has 2 N–H and O–H groups in total. The first-order chi connectivity index (χ1) is 17.3. The molecule has 1 aliphatic rings. The third kappa shape index (κ3) is 5.44. The summed E-state index contributed by atoms with van der Waals surface area (Å²) in [4.78, 5) is 25.1. The molecule has 0 aliphatic carbocycles. The highest BCUT2D eigenvalue weighted by atomic mass is 32.2. The molecule has 0 saturated heterocycles. The van der Waals surface area contributed by atoms with Gasteiger partial charge in [0.15, 0.2) is 0 Å². The molecule has 2 amide bonds. The van der Waals surface area contributed by atoms with Gasteiger partial charge in [-0.15, -0.1) is 0 Å². The zero-order valence-electron chi connectivity index (χ0n) is 20.5. The molecule has 0 spiro atoms. The Balaban J connectivity index is 1.42. The number of benzene rings is 3. The van der Waals surface area contributed by atoms with Crippen LogP contribution in [0.4, 0.5) is 17.1 Å². The summed E-state index contributed by atoms with van der Waals surface area (Å²) in [5.74, 6) is -0.391. The van der Waals surface area contributed by atoms with Crippen molar-refractivity contribution in [2.45, 2.75) is 44.4 Å². The summed E-state index contributed by atoms with van der Waals surface area (Å²) in [6.45, 7) is 4.40. The van der Waals surface area contributed by atoms with Gasteiger partial charge in [-0.25, -0.2) is 8.42 Å². The molecule has 1 heterocycles. The Morgan fingerprint density at radius 1 is 0.861 bits per heavy atom. The highest BCUT2D eigenvalue weighted by molar-refractivity contribution is 7.92. The summed E-state index contributed by atoms with van der Waals surface area (Å²) < 4.78 is 28.1. The molecular weight excluding hydrogens is 474 g/mol. The van der Waals surface area contributed by atoms with E-state index in [1.807, 2.05) is 38.1 Å². The van der Waals surface area contributed by atoms with Gasteiger partial charge in [-0.3, -0.25) is 13.9 Å². The van der Waals surface area contributed by atoms with Gasteiger partial charge in [-0.1, -0.05) is 32.0 Å². The molecule has 8 heteroatoms. The molecule has 0 bridgehead atoms. The van der Waals surface area contributed by atoms with Crippen molar-refractivity contribution in [3.05, 3.63) is 83.9 Å². The van der Waals surface area contributed by atoms with Crippen molar-refractivity contribution in [2.75, 3.05) is 21.5 Å². The lowest BCUT2D eigenvalue weighted by Gasteiger charge is -2.30. The summed E-state index contributed by atoms with van der Waals surface area (Å²) >= 11 is 0. The van der Waals surface area contributed by atoms with Gasteiger partial charge >= 0.3 is 0 Å². The number of hydrogen-bond acceptors (Lipinski definition) is 4. The van der Waals surface area contributed by atoms with E-state index in [0.717, 1.165) is 36.9 Å². The smallest absolute Gasteiger partial charge is 0.264 e. The minimum atomic E-state index is -3.71. The van der Waals surface area contributed by atoms with Crippen molar-refractivity contribution in [3.63, 3.8) is 0 Å². The fraction of sp³-hybridized carbons (Fsp3) is 0.286. The fourth-order valence-corrected chi connectivity index (χ4v) is 5.94. The zero-order valence-corrected chi connectivity index (χ0v) is 21.3. The molecule has 0 unspecified atom stereocenters. The molecule has 36 heavy (non-hydrogen) atoms. The molecule has 0 radical (unpaired) electrons. The molecular formula is C28H31N3O4S. The lowest BCUT2D eigenvalue weighted by Crippen LogP contribution is -2.35. The Morgan fingerprint density at radius 2 is 1.47 bits per heavy atom. The maximum Gasteiger partial charge on any atom is 0.264 e. The van der Waals surface area contributed by atoms with Crippen LogP contribution in [0.15, 0.2) is 77.7 Å². The van der Waals surface area contributed by atoms with Crippen LogP contribution >= 0.6 is 0 Å². The van der Waals surface area contributed by atoms with Crippen molar-refractivity contribution in [1.82, 2.24) is 0 Å². The number of carbonyl (C=O) groups excluding carboxylic acids is 2. The summed E-state index contributed by atoms with van der Waals surface area (Å²) in [6.07, 6.45) is 3.17. The number of aryl methyl sites for hydroxylation is 1. The molecule has 0 aromatic heterocycles. The Kier molecular flexibility index (Phi) is 7.74. The zero-order chi connectivity index (χ0) is 25.7. The Labute approximate surface area is 212 Å². The second kappa shape index (κ2) is 11.0. The van der Waals surface area contributed by atoms with Crippen LogP contribution in [-0.4, -0.2) is 26.8 Å². The van der Waals surface area contributed by atoms with E-state index in [0.29, 0.717) is 23.5 Å². The standard InChI is InChI=1S/C28H31N3O4S/c1-3-20(4-2)27(32)29-23-13-11-22(12-14-23)28(33)30-24-15-17-25(18-16-24)36(34,35)31-19-7-9-21-8-5-6-10-26(21)31/h5-6,8,10-18,20H,3-4,7,9,19H2,1-2H3,(H,29,32)(H,30,33). The van der Waals surface area contributed by atoms with Gasteiger partial charge in [-0.2, -0.15) is 0 Å². The maximum atomic E-state index is 13.3. The van der Waals surface area contributed by atoms with Crippen LogP contribution in [0.2, 0.25) is 0 Å². The Morgan fingerprint density at radius 3 is 2.14 bits per heavy atom. The van der Waals surface area contributed by atoms with E-state index in [1.54, 1.807) is 36.4 Å². The van der Waals surface area contributed by atoms with Gasteiger partial charge in [-0.05, 0) is 85.8 Å². The summed E-state index contributed by atoms with van der Waals surface area (Å²) in [5.41, 5.74) is 3.30. The number of nitrogens with zero attached hydrogens (tertiary/aromatic N) is 1. The molecule has 0 atom stereocenters. The van der Waals surface area contributed by atoms with Gasteiger partial charge in [0.25, 0.3) is 15.9 Å².